The molecular formula is C17H14N4O2. The molecule has 4 aromatic rings. The number of nitrogen functional groups attached to an aromatic ring is 1. The Morgan fingerprint density at radius 3 is 2.48 bits per heavy atom. The van der Waals surface area contributed by atoms with Crippen molar-refractivity contribution >= 4 is 22.4 Å². The van der Waals surface area contributed by atoms with Gasteiger partial charge in [0.05, 0.1) is 6.20 Å². The molecule has 6 nitrogen and oxygen atoms in total. The van der Waals surface area contributed by atoms with Gasteiger partial charge in [0.2, 0.25) is 0 Å². The number of hydrogen-bond acceptors (Lipinski definition) is 4. The van der Waals surface area contributed by atoms with Gasteiger partial charge < -0.3 is 5.73 Å². The molecular weight excluding hydrogens is 292 g/mol. The third kappa shape index (κ3) is 2.07. The highest BCUT2D eigenvalue weighted by Crippen LogP contribution is 2.10. The van der Waals surface area contributed by atoms with E-state index in [9.17, 15) is 9.59 Å². The zero-order valence-corrected chi connectivity index (χ0v) is 12.3. The minimum atomic E-state index is -0.309. The molecule has 3 aromatic heterocycles. The van der Waals surface area contributed by atoms with Crippen LogP contribution in [0.3, 0.4) is 0 Å². The van der Waals surface area contributed by atoms with Crippen molar-refractivity contribution in [3.8, 4) is 0 Å². The largest absolute Gasteiger partial charge is 0.399 e. The summed E-state index contributed by atoms with van der Waals surface area (Å²) in [5.41, 5.74) is 8.28. The predicted molar refractivity (Wildman–Crippen MR) is 89.0 cm³/mol. The van der Waals surface area contributed by atoms with Gasteiger partial charge in [-0.1, -0.05) is 18.2 Å². The van der Waals surface area contributed by atoms with Gasteiger partial charge in [0.25, 0.3) is 11.1 Å². The van der Waals surface area contributed by atoms with E-state index in [1.54, 1.807) is 22.6 Å². The number of pyridine rings is 1. The molecule has 0 saturated carbocycles. The highest BCUT2D eigenvalue weighted by molar-refractivity contribution is 5.66. The first kappa shape index (κ1) is 13.5. The second-order valence-electron chi connectivity index (χ2n) is 5.50. The molecule has 0 aliphatic rings. The lowest BCUT2D eigenvalue weighted by Crippen LogP contribution is -2.35. The van der Waals surface area contributed by atoms with Crippen LogP contribution in [0, 0.1) is 0 Å². The molecule has 0 radical (unpaired) electrons. The Hall–Kier alpha value is -3.15. The molecule has 3 heterocycles. The third-order valence-corrected chi connectivity index (χ3v) is 4.06. The molecule has 0 amide bonds. The van der Waals surface area contributed by atoms with Gasteiger partial charge >= 0.3 is 0 Å². The topological polar surface area (TPSA) is 82.4 Å². The number of aryl methyl sites for hydroxylation is 1. The number of aromatic nitrogens is 3. The second-order valence-corrected chi connectivity index (χ2v) is 5.50. The van der Waals surface area contributed by atoms with Gasteiger partial charge in [-0.2, -0.15) is 0 Å². The van der Waals surface area contributed by atoms with Gasteiger partial charge in [-0.15, -0.1) is 0 Å². The summed E-state index contributed by atoms with van der Waals surface area (Å²) in [5.74, 6) is 0. The Balaban J connectivity index is 1.82. The van der Waals surface area contributed by atoms with Crippen molar-refractivity contribution in [2.75, 3.05) is 5.73 Å². The maximum Gasteiger partial charge on any atom is 0.279 e. The van der Waals surface area contributed by atoms with E-state index in [4.69, 9.17) is 5.73 Å². The van der Waals surface area contributed by atoms with Crippen LogP contribution >= 0.6 is 0 Å². The molecule has 0 aliphatic heterocycles. The molecule has 4 rings (SSSR count). The van der Waals surface area contributed by atoms with Crippen LogP contribution in [0.1, 0.15) is 5.56 Å². The average Bonchev–Trinajstić information content (AvgIpc) is 2.99. The van der Waals surface area contributed by atoms with Crippen LogP contribution in [0.5, 0.6) is 0 Å². The van der Waals surface area contributed by atoms with E-state index in [1.807, 2.05) is 24.3 Å². The van der Waals surface area contributed by atoms with Crippen LogP contribution in [0.15, 0.2) is 58.3 Å². The maximum absolute atomic E-state index is 12.6. The first-order valence-corrected chi connectivity index (χ1v) is 7.32. The van der Waals surface area contributed by atoms with Crippen LogP contribution in [-0.2, 0) is 13.0 Å². The lowest BCUT2D eigenvalue weighted by molar-refractivity contribution is 0.651. The standard InChI is InChI=1S/C17H14N4O2/c18-12-6-4-11(5-7-12)8-9-20-16(22)13-2-1-3-15-19-10-14(17(20)23)21(13)15/h1-7,10H,8-9,18H2. The molecule has 2 N–H and O–H groups in total. The monoisotopic (exact) mass is 306 g/mol. The van der Waals surface area contributed by atoms with Gasteiger partial charge in [0.1, 0.15) is 16.7 Å². The van der Waals surface area contributed by atoms with Crippen LogP contribution in [-0.4, -0.2) is 14.0 Å². The highest BCUT2D eigenvalue weighted by Gasteiger charge is 2.14. The van der Waals surface area contributed by atoms with Crippen molar-refractivity contribution < 1.29 is 0 Å². The van der Waals surface area contributed by atoms with Gasteiger partial charge in [-0.25, -0.2) is 4.98 Å². The summed E-state index contributed by atoms with van der Waals surface area (Å²) in [6.45, 7) is 0.323. The van der Waals surface area contributed by atoms with Gasteiger partial charge in [-0.05, 0) is 36.2 Å². The van der Waals surface area contributed by atoms with E-state index in [1.165, 1.54) is 10.8 Å². The smallest absolute Gasteiger partial charge is 0.279 e. The Morgan fingerprint density at radius 1 is 0.957 bits per heavy atom. The fourth-order valence-electron chi connectivity index (χ4n) is 2.85. The van der Waals surface area contributed by atoms with E-state index in [2.05, 4.69) is 4.98 Å². The second kappa shape index (κ2) is 4.95. The lowest BCUT2D eigenvalue weighted by atomic mass is 10.1. The Kier molecular flexibility index (Phi) is 2.90. The van der Waals surface area contributed by atoms with Crippen LogP contribution in [0.4, 0.5) is 5.69 Å². The van der Waals surface area contributed by atoms with Crippen LogP contribution in [0.2, 0.25) is 0 Å². The van der Waals surface area contributed by atoms with Crippen molar-refractivity contribution in [3.63, 3.8) is 0 Å². The molecule has 0 fully saturated rings. The number of hydrogen-bond donors (Lipinski definition) is 1. The van der Waals surface area contributed by atoms with Crippen molar-refractivity contribution in [2.24, 2.45) is 0 Å². The zero-order chi connectivity index (χ0) is 16.0. The predicted octanol–water partition coefficient (Wildman–Crippen LogP) is 1.27. The fraction of sp³-hybridized carbons (Fsp3) is 0.118. The van der Waals surface area contributed by atoms with E-state index in [0.717, 1.165) is 5.56 Å². The number of rotatable bonds is 3. The molecule has 0 atom stereocenters. The molecule has 1 aromatic carbocycles. The summed E-state index contributed by atoms with van der Waals surface area (Å²) in [6, 6.07) is 12.7. The first-order valence-electron chi connectivity index (χ1n) is 7.32. The number of benzene rings is 1. The molecule has 0 bridgehead atoms. The molecule has 23 heavy (non-hydrogen) atoms. The summed E-state index contributed by atoms with van der Waals surface area (Å²) in [4.78, 5) is 29.4. The van der Waals surface area contributed by atoms with Crippen molar-refractivity contribution in [2.45, 2.75) is 13.0 Å². The number of imidazole rings is 1. The van der Waals surface area contributed by atoms with E-state index in [0.29, 0.717) is 35.3 Å². The van der Waals surface area contributed by atoms with E-state index >= 15 is 0 Å². The summed E-state index contributed by atoms with van der Waals surface area (Å²) >= 11 is 0. The molecule has 0 unspecified atom stereocenters. The van der Waals surface area contributed by atoms with Gasteiger partial charge in [0.15, 0.2) is 0 Å². The summed E-state index contributed by atoms with van der Waals surface area (Å²) in [7, 11) is 0. The van der Waals surface area contributed by atoms with Crippen LogP contribution in [0.25, 0.3) is 16.7 Å². The average molecular weight is 306 g/mol. The maximum atomic E-state index is 12.6. The summed E-state index contributed by atoms with van der Waals surface area (Å²) < 4.78 is 2.90. The van der Waals surface area contributed by atoms with Crippen molar-refractivity contribution in [1.29, 1.82) is 0 Å². The Morgan fingerprint density at radius 2 is 1.70 bits per heavy atom. The summed E-state index contributed by atoms with van der Waals surface area (Å²) in [5, 5.41) is 0. The van der Waals surface area contributed by atoms with Gasteiger partial charge in [0, 0.05) is 12.2 Å². The highest BCUT2D eigenvalue weighted by atomic mass is 16.2. The molecule has 6 heteroatoms. The Labute approximate surface area is 130 Å². The molecule has 0 spiro atoms. The zero-order valence-electron chi connectivity index (χ0n) is 12.3. The minimum Gasteiger partial charge on any atom is -0.399 e. The normalized spacial score (nSPS) is 11.5. The lowest BCUT2D eigenvalue weighted by Gasteiger charge is -2.08. The fourth-order valence-corrected chi connectivity index (χ4v) is 2.85. The third-order valence-electron chi connectivity index (χ3n) is 4.06. The number of nitrogens with zero attached hydrogens (tertiary/aromatic N) is 3. The van der Waals surface area contributed by atoms with E-state index in [-0.39, 0.29) is 11.1 Å². The first-order chi connectivity index (χ1) is 11.1. The minimum absolute atomic E-state index is 0.290. The Bertz CT molecular complexity index is 1110. The molecule has 0 saturated heterocycles. The van der Waals surface area contributed by atoms with Crippen molar-refractivity contribution in [1.82, 2.24) is 14.0 Å². The summed E-state index contributed by atoms with van der Waals surface area (Å²) in [6.07, 6.45) is 2.10. The number of nitrogens with two attached hydrogens (primary N) is 1. The molecule has 114 valence electrons. The quantitative estimate of drug-likeness (QED) is 0.578. The van der Waals surface area contributed by atoms with Crippen LogP contribution < -0.4 is 16.9 Å². The number of anilines is 1. The SMILES string of the molecule is Nc1ccc(CCn2c(=O)c3cccc4ncc(c2=O)n43)cc1. The molecule has 0 aliphatic carbocycles. The van der Waals surface area contributed by atoms with Gasteiger partial charge in [-0.3, -0.25) is 18.6 Å². The van der Waals surface area contributed by atoms with E-state index < -0.39 is 0 Å². The van der Waals surface area contributed by atoms with Crippen molar-refractivity contribution in [3.05, 3.63) is 74.9 Å².